The second kappa shape index (κ2) is 8.54. The van der Waals surface area contributed by atoms with Gasteiger partial charge >= 0.3 is 0 Å². The molecule has 26 heavy (non-hydrogen) atoms. The smallest absolute Gasteiger partial charge is 0.235 e. The maximum absolute atomic E-state index is 12.8. The van der Waals surface area contributed by atoms with Crippen LogP contribution in [0.15, 0.2) is 48.1 Å². The van der Waals surface area contributed by atoms with Gasteiger partial charge in [0.2, 0.25) is 5.91 Å². The molecule has 1 aromatic heterocycles. The summed E-state index contributed by atoms with van der Waals surface area (Å²) in [5.74, 6) is 1.71. The van der Waals surface area contributed by atoms with Crippen molar-refractivity contribution in [1.82, 2.24) is 19.7 Å². The van der Waals surface area contributed by atoms with Crippen molar-refractivity contribution in [3.8, 4) is 11.4 Å². The first-order valence-corrected chi connectivity index (χ1v) is 10.0. The van der Waals surface area contributed by atoms with Crippen LogP contribution in [0, 0.1) is 5.92 Å². The Labute approximate surface area is 159 Å². The molecule has 1 aliphatic rings. The lowest BCUT2D eigenvalue weighted by Crippen LogP contribution is -2.41. The molecule has 2 heterocycles. The molecule has 6 heteroatoms. The van der Waals surface area contributed by atoms with Gasteiger partial charge in [0.1, 0.15) is 0 Å². The van der Waals surface area contributed by atoms with Crippen molar-refractivity contribution in [2.75, 3.05) is 13.1 Å². The van der Waals surface area contributed by atoms with Crippen molar-refractivity contribution in [3.05, 3.63) is 43.0 Å². The summed E-state index contributed by atoms with van der Waals surface area (Å²) in [6.45, 7) is 10.4. The maximum atomic E-state index is 12.8. The molecular formula is C20H26N4OS. The molecule has 1 aromatic carbocycles. The van der Waals surface area contributed by atoms with E-state index in [2.05, 4.69) is 23.7 Å². The molecule has 0 unspecified atom stereocenters. The summed E-state index contributed by atoms with van der Waals surface area (Å²) in [6, 6.07) is 9.98. The highest BCUT2D eigenvalue weighted by molar-refractivity contribution is 8.00. The molecule has 1 aliphatic heterocycles. The zero-order valence-electron chi connectivity index (χ0n) is 15.5. The maximum Gasteiger partial charge on any atom is 0.235 e. The van der Waals surface area contributed by atoms with Crippen LogP contribution in [-0.4, -0.2) is 43.9 Å². The van der Waals surface area contributed by atoms with E-state index in [1.165, 1.54) is 11.8 Å². The Morgan fingerprint density at radius 1 is 1.31 bits per heavy atom. The van der Waals surface area contributed by atoms with Gasteiger partial charge in [0.25, 0.3) is 0 Å². The van der Waals surface area contributed by atoms with Crippen molar-refractivity contribution in [2.24, 2.45) is 5.92 Å². The van der Waals surface area contributed by atoms with Crippen LogP contribution >= 0.6 is 11.8 Å². The van der Waals surface area contributed by atoms with Gasteiger partial charge in [-0.25, -0.2) is 0 Å². The third-order valence-corrected chi connectivity index (χ3v) is 5.85. The molecule has 3 rings (SSSR count). The number of hydrogen-bond acceptors (Lipinski definition) is 4. The van der Waals surface area contributed by atoms with E-state index in [0.29, 0.717) is 12.5 Å². The van der Waals surface area contributed by atoms with Gasteiger partial charge in [-0.1, -0.05) is 55.1 Å². The fourth-order valence-corrected chi connectivity index (χ4v) is 4.11. The summed E-state index contributed by atoms with van der Waals surface area (Å²) in [6.07, 6.45) is 4.01. The number of hydrogen-bond donors (Lipinski definition) is 0. The number of likely N-dealkylation sites (tertiary alicyclic amines) is 1. The van der Waals surface area contributed by atoms with Crippen LogP contribution in [0.4, 0.5) is 0 Å². The van der Waals surface area contributed by atoms with Crippen molar-refractivity contribution in [2.45, 2.75) is 43.6 Å². The molecule has 138 valence electrons. The molecule has 1 fully saturated rings. The van der Waals surface area contributed by atoms with Crippen LogP contribution in [0.3, 0.4) is 0 Å². The summed E-state index contributed by atoms with van der Waals surface area (Å²) < 4.78 is 2.02. The van der Waals surface area contributed by atoms with Crippen molar-refractivity contribution >= 4 is 17.7 Å². The Hall–Kier alpha value is -2.08. The highest BCUT2D eigenvalue weighted by atomic mass is 32.2. The summed E-state index contributed by atoms with van der Waals surface area (Å²) in [5, 5.41) is 9.29. The van der Waals surface area contributed by atoms with Crippen LogP contribution in [-0.2, 0) is 11.3 Å². The van der Waals surface area contributed by atoms with Crippen molar-refractivity contribution in [3.63, 3.8) is 0 Å². The Morgan fingerprint density at radius 3 is 2.65 bits per heavy atom. The van der Waals surface area contributed by atoms with Gasteiger partial charge < -0.3 is 4.90 Å². The lowest BCUT2D eigenvalue weighted by molar-refractivity contribution is -0.131. The van der Waals surface area contributed by atoms with E-state index in [1.807, 2.05) is 52.8 Å². The van der Waals surface area contributed by atoms with E-state index in [0.717, 1.165) is 42.5 Å². The van der Waals surface area contributed by atoms with Crippen LogP contribution < -0.4 is 0 Å². The van der Waals surface area contributed by atoms with Gasteiger partial charge in [0.05, 0.1) is 5.25 Å². The molecule has 1 amide bonds. The van der Waals surface area contributed by atoms with E-state index in [-0.39, 0.29) is 11.2 Å². The quantitative estimate of drug-likeness (QED) is 0.572. The molecule has 1 saturated heterocycles. The summed E-state index contributed by atoms with van der Waals surface area (Å²) >= 11 is 1.48. The minimum atomic E-state index is -0.181. The average Bonchev–Trinajstić information content (AvgIpc) is 3.05. The average molecular weight is 371 g/mol. The number of aromatic nitrogens is 3. The Kier molecular flexibility index (Phi) is 6.14. The number of rotatable bonds is 6. The Bertz CT molecular complexity index is 750. The van der Waals surface area contributed by atoms with Crippen molar-refractivity contribution in [1.29, 1.82) is 0 Å². The number of nitrogens with zero attached hydrogens (tertiary/aromatic N) is 4. The van der Waals surface area contributed by atoms with Crippen molar-refractivity contribution < 1.29 is 4.79 Å². The fraction of sp³-hybridized carbons (Fsp3) is 0.450. The van der Waals surface area contributed by atoms with Crippen LogP contribution in [0.1, 0.15) is 26.7 Å². The highest BCUT2D eigenvalue weighted by Crippen LogP contribution is 2.28. The second-order valence-electron chi connectivity index (χ2n) is 6.84. The van der Waals surface area contributed by atoms with E-state index in [9.17, 15) is 4.79 Å². The Morgan fingerprint density at radius 2 is 2.00 bits per heavy atom. The number of carbonyl (C=O) groups excluding carboxylic acids is 1. The molecule has 1 atom stereocenters. The third-order valence-electron chi connectivity index (χ3n) is 4.79. The topological polar surface area (TPSA) is 51.0 Å². The summed E-state index contributed by atoms with van der Waals surface area (Å²) in [4.78, 5) is 14.8. The summed E-state index contributed by atoms with van der Waals surface area (Å²) in [5.41, 5.74) is 1.01. The van der Waals surface area contributed by atoms with Crippen LogP contribution in [0.25, 0.3) is 11.4 Å². The number of carbonyl (C=O) groups is 1. The first-order chi connectivity index (χ1) is 12.6. The largest absolute Gasteiger partial charge is 0.342 e. The number of amides is 1. The van der Waals surface area contributed by atoms with Gasteiger partial charge in [-0.15, -0.1) is 16.8 Å². The van der Waals surface area contributed by atoms with E-state index >= 15 is 0 Å². The van der Waals surface area contributed by atoms with Crippen LogP contribution in [0.5, 0.6) is 0 Å². The van der Waals surface area contributed by atoms with E-state index < -0.39 is 0 Å². The first kappa shape index (κ1) is 18.7. The number of thioether (sulfide) groups is 1. The first-order valence-electron chi connectivity index (χ1n) is 9.15. The van der Waals surface area contributed by atoms with Gasteiger partial charge in [0, 0.05) is 25.2 Å². The molecule has 0 aliphatic carbocycles. The Balaban J connectivity index is 1.75. The van der Waals surface area contributed by atoms with Crippen LogP contribution in [0.2, 0.25) is 0 Å². The number of allylic oxidation sites excluding steroid dienone is 1. The fourth-order valence-electron chi connectivity index (χ4n) is 3.16. The molecule has 0 bridgehead atoms. The zero-order valence-corrected chi connectivity index (χ0v) is 16.3. The molecule has 0 saturated carbocycles. The number of piperidine rings is 1. The van der Waals surface area contributed by atoms with E-state index in [1.54, 1.807) is 0 Å². The molecule has 0 N–H and O–H groups in total. The summed E-state index contributed by atoms with van der Waals surface area (Å²) in [7, 11) is 0. The lowest BCUT2D eigenvalue weighted by Gasteiger charge is -2.31. The second-order valence-corrected chi connectivity index (χ2v) is 8.15. The third kappa shape index (κ3) is 4.18. The van der Waals surface area contributed by atoms with Gasteiger partial charge in [0.15, 0.2) is 11.0 Å². The van der Waals surface area contributed by atoms with Gasteiger partial charge in [-0.3, -0.25) is 9.36 Å². The highest BCUT2D eigenvalue weighted by Gasteiger charge is 2.27. The minimum Gasteiger partial charge on any atom is -0.342 e. The van der Waals surface area contributed by atoms with Gasteiger partial charge in [-0.2, -0.15) is 0 Å². The lowest BCUT2D eigenvalue weighted by atomic mass is 9.99. The predicted octanol–water partition coefficient (Wildman–Crippen LogP) is 3.87. The SMILES string of the molecule is C=CCn1c(S[C@H](C)C(=O)N2CCC(C)CC2)nnc1-c1ccccc1. The molecule has 0 spiro atoms. The standard InChI is InChI=1S/C20H26N4OS/c1-4-12-24-18(17-8-6-5-7-9-17)21-22-20(24)26-16(3)19(25)23-13-10-15(2)11-14-23/h4-9,15-16H,1,10-14H2,2-3H3/t16-/m1/s1. The van der Waals surface area contributed by atoms with E-state index in [4.69, 9.17) is 0 Å². The molecule has 5 nitrogen and oxygen atoms in total. The molecule has 0 radical (unpaired) electrons. The molecular weight excluding hydrogens is 344 g/mol. The number of benzene rings is 1. The predicted molar refractivity (Wildman–Crippen MR) is 106 cm³/mol. The van der Waals surface area contributed by atoms with Gasteiger partial charge in [-0.05, 0) is 25.7 Å². The zero-order chi connectivity index (χ0) is 18.5. The normalized spacial score (nSPS) is 16.5. The monoisotopic (exact) mass is 370 g/mol. The minimum absolute atomic E-state index is 0.181. The molecule has 2 aromatic rings.